The van der Waals surface area contributed by atoms with E-state index in [4.69, 9.17) is 0 Å². The van der Waals surface area contributed by atoms with E-state index >= 15 is 0 Å². The summed E-state index contributed by atoms with van der Waals surface area (Å²) in [6.45, 7) is 5.49. The van der Waals surface area contributed by atoms with Gasteiger partial charge in [0.05, 0.1) is 0 Å². The number of hydrogen-bond donors (Lipinski definition) is 2. The van der Waals surface area contributed by atoms with Crippen LogP contribution in [0.1, 0.15) is 51.1 Å². The van der Waals surface area contributed by atoms with Gasteiger partial charge in [-0.1, -0.05) is 26.2 Å². The molecule has 3 nitrogen and oxygen atoms in total. The van der Waals surface area contributed by atoms with Crippen molar-refractivity contribution in [3.63, 3.8) is 0 Å². The fraction of sp³-hybridized carbons (Fsp3) is 0.750. The maximum atomic E-state index is 9.69. The quantitative estimate of drug-likeness (QED) is 0.794. The molecule has 1 aromatic heterocycles. The van der Waals surface area contributed by atoms with Crippen LogP contribution in [-0.2, 0) is 13.1 Å². The van der Waals surface area contributed by atoms with Crippen molar-refractivity contribution in [2.24, 2.45) is 5.41 Å². The Hall–Kier alpha value is -0.800. The highest BCUT2D eigenvalue weighted by Crippen LogP contribution is 2.35. The van der Waals surface area contributed by atoms with Gasteiger partial charge in [-0.3, -0.25) is 0 Å². The lowest BCUT2D eigenvalue weighted by Gasteiger charge is -2.35. The zero-order chi connectivity index (χ0) is 13.6. The molecule has 0 spiro atoms. The van der Waals surface area contributed by atoms with Crippen LogP contribution in [0.3, 0.4) is 0 Å². The molecule has 108 valence electrons. The highest BCUT2D eigenvalue weighted by atomic mass is 16.3. The molecule has 0 bridgehead atoms. The van der Waals surface area contributed by atoms with E-state index in [9.17, 15) is 5.11 Å². The van der Waals surface area contributed by atoms with Crippen LogP contribution in [0.5, 0.6) is 0 Å². The minimum atomic E-state index is 0.139. The average Bonchev–Trinajstić information content (AvgIpc) is 2.88. The molecule has 1 aliphatic carbocycles. The second kappa shape index (κ2) is 7.11. The third-order valence-corrected chi connectivity index (χ3v) is 4.44. The van der Waals surface area contributed by atoms with Crippen LogP contribution in [0, 0.1) is 5.41 Å². The van der Waals surface area contributed by atoms with Crippen molar-refractivity contribution in [1.82, 2.24) is 9.88 Å². The largest absolute Gasteiger partial charge is 0.396 e. The molecule has 19 heavy (non-hydrogen) atoms. The van der Waals surface area contributed by atoms with Crippen LogP contribution in [0.25, 0.3) is 0 Å². The van der Waals surface area contributed by atoms with Crippen molar-refractivity contribution in [3.8, 4) is 0 Å². The van der Waals surface area contributed by atoms with Crippen LogP contribution < -0.4 is 5.32 Å². The van der Waals surface area contributed by atoms with Gasteiger partial charge in [0.2, 0.25) is 0 Å². The van der Waals surface area contributed by atoms with Gasteiger partial charge in [0, 0.05) is 43.5 Å². The molecule has 0 saturated heterocycles. The zero-order valence-electron chi connectivity index (χ0n) is 12.2. The summed E-state index contributed by atoms with van der Waals surface area (Å²) in [6.07, 6.45) is 9.55. The summed E-state index contributed by atoms with van der Waals surface area (Å²) in [5.41, 5.74) is 1.49. The molecule has 1 aliphatic rings. The lowest BCUT2D eigenvalue weighted by Crippen LogP contribution is -2.39. The van der Waals surface area contributed by atoms with Gasteiger partial charge in [0.15, 0.2) is 0 Å². The minimum absolute atomic E-state index is 0.139. The Bertz CT molecular complexity index is 367. The maximum absolute atomic E-state index is 9.69. The molecule has 2 N–H and O–H groups in total. The number of aliphatic hydroxyl groups excluding tert-OH is 1. The van der Waals surface area contributed by atoms with E-state index in [2.05, 4.69) is 35.1 Å². The predicted molar refractivity (Wildman–Crippen MR) is 79.0 cm³/mol. The number of nitrogens with zero attached hydrogens (tertiary/aromatic N) is 1. The first-order valence-electron chi connectivity index (χ1n) is 7.75. The van der Waals surface area contributed by atoms with E-state index in [1.807, 2.05) is 0 Å². The van der Waals surface area contributed by atoms with Crippen molar-refractivity contribution in [1.29, 1.82) is 0 Å². The highest BCUT2D eigenvalue weighted by Gasteiger charge is 2.30. The molecule has 2 rings (SSSR count). The van der Waals surface area contributed by atoms with E-state index in [0.29, 0.717) is 6.61 Å². The summed E-state index contributed by atoms with van der Waals surface area (Å²) in [5.74, 6) is 0. The van der Waals surface area contributed by atoms with Gasteiger partial charge in [-0.2, -0.15) is 0 Å². The Kier molecular flexibility index (Phi) is 5.46. The van der Waals surface area contributed by atoms with Crippen LogP contribution in [0.2, 0.25) is 0 Å². The normalized spacial score (nSPS) is 18.6. The standard InChI is InChI=1S/C16H28N2O/c1-2-10-18-11-6-7-15(18)12-17-13-16(14-19)8-4-3-5-9-16/h6-7,11,17,19H,2-5,8-10,12-14H2,1H3. The van der Waals surface area contributed by atoms with Crippen molar-refractivity contribution >= 4 is 0 Å². The molecule has 1 heterocycles. The minimum Gasteiger partial charge on any atom is -0.396 e. The number of aliphatic hydroxyl groups is 1. The molecular weight excluding hydrogens is 236 g/mol. The van der Waals surface area contributed by atoms with Crippen LogP contribution in [0.15, 0.2) is 18.3 Å². The van der Waals surface area contributed by atoms with Gasteiger partial charge in [-0.05, 0) is 31.4 Å². The van der Waals surface area contributed by atoms with Crippen molar-refractivity contribution in [2.45, 2.75) is 58.5 Å². The lowest BCUT2D eigenvalue weighted by atomic mass is 9.74. The fourth-order valence-electron chi connectivity index (χ4n) is 3.22. The second-order valence-electron chi connectivity index (χ2n) is 6.02. The molecule has 1 aromatic rings. The smallest absolute Gasteiger partial charge is 0.0499 e. The second-order valence-corrected chi connectivity index (χ2v) is 6.02. The Balaban J connectivity index is 1.83. The van der Waals surface area contributed by atoms with Gasteiger partial charge in [0.25, 0.3) is 0 Å². The van der Waals surface area contributed by atoms with Crippen molar-refractivity contribution < 1.29 is 5.11 Å². The third kappa shape index (κ3) is 3.83. The van der Waals surface area contributed by atoms with E-state index in [0.717, 1.165) is 19.6 Å². The van der Waals surface area contributed by atoms with Crippen LogP contribution in [0.4, 0.5) is 0 Å². The summed E-state index contributed by atoms with van der Waals surface area (Å²) < 4.78 is 2.32. The number of aryl methyl sites for hydroxylation is 1. The summed E-state index contributed by atoms with van der Waals surface area (Å²) in [7, 11) is 0. The number of rotatable bonds is 7. The summed E-state index contributed by atoms with van der Waals surface area (Å²) in [5, 5.41) is 13.3. The first kappa shape index (κ1) is 14.6. The topological polar surface area (TPSA) is 37.2 Å². The van der Waals surface area contributed by atoms with Crippen molar-refractivity contribution in [2.75, 3.05) is 13.2 Å². The molecular formula is C16H28N2O. The predicted octanol–water partition coefficient (Wildman–Crippen LogP) is 2.93. The molecule has 0 amide bonds. The first-order valence-corrected chi connectivity index (χ1v) is 7.75. The summed E-state index contributed by atoms with van der Waals surface area (Å²) in [4.78, 5) is 0. The number of nitrogens with one attached hydrogen (secondary N) is 1. The fourth-order valence-corrected chi connectivity index (χ4v) is 3.22. The molecule has 0 aromatic carbocycles. The average molecular weight is 264 g/mol. The van der Waals surface area contributed by atoms with E-state index in [1.54, 1.807) is 0 Å². The summed E-state index contributed by atoms with van der Waals surface area (Å²) >= 11 is 0. The van der Waals surface area contributed by atoms with Gasteiger partial charge in [-0.25, -0.2) is 0 Å². The number of aromatic nitrogens is 1. The van der Waals surface area contributed by atoms with Crippen LogP contribution in [-0.4, -0.2) is 22.8 Å². The zero-order valence-corrected chi connectivity index (χ0v) is 12.2. The van der Waals surface area contributed by atoms with E-state index in [-0.39, 0.29) is 5.41 Å². The SMILES string of the molecule is CCCn1cccc1CNCC1(CO)CCCCC1. The van der Waals surface area contributed by atoms with Gasteiger partial charge in [0.1, 0.15) is 0 Å². The van der Waals surface area contributed by atoms with E-state index in [1.165, 1.54) is 44.2 Å². The molecule has 0 atom stereocenters. The lowest BCUT2D eigenvalue weighted by molar-refractivity contribution is 0.0809. The monoisotopic (exact) mass is 264 g/mol. The maximum Gasteiger partial charge on any atom is 0.0499 e. The van der Waals surface area contributed by atoms with Crippen molar-refractivity contribution in [3.05, 3.63) is 24.0 Å². The van der Waals surface area contributed by atoms with Crippen LogP contribution >= 0.6 is 0 Å². The third-order valence-electron chi connectivity index (χ3n) is 4.44. The first-order chi connectivity index (χ1) is 9.29. The van der Waals surface area contributed by atoms with E-state index < -0.39 is 0 Å². The van der Waals surface area contributed by atoms with Gasteiger partial charge in [-0.15, -0.1) is 0 Å². The Morgan fingerprint density at radius 1 is 1.32 bits per heavy atom. The summed E-state index contributed by atoms with van der Waals surface area (Å²) in [6, 6.07) is 4.31. The Morgan fingerprint density at radius 2 is 2.11 bits per heavy atom. The Morgan fingerprint density at radius 3 is 2.79 bits per heavy atom. The number of hydrogen-bond acceptors (Lipinski definition) is 2. The molecule has 1 fully saturated rings. The molecule has 3 heteroatoms. The van der Waals surface area contributed by atoms with Gasteiger partial charge >= 0.3 is 0 Å². The Labute approximate surface area is 117 Å². The van der Waals surface area contributed by atoms with Gasteiger partial charge < -0.3 is 15.0 Å². The molecule has 0 unspecified atom stereocenters. The molecule has 1 saturated carbocycles. The molecule has 0 aliphatic heterocycles. The highest BCUT2D eigenvalue weighted by molar-refractivity contribution is 5.07. The molecule has 0 radical (unpaired) electrons.